The van der Waals surface area contributed by atoms with Gasteiger partial charge < -0.3 is 9.30 Å². The lowest BCUT2D eigenvalue weighted by molar-refractivity contribution is 0.0601. The van der Waals surface area contributed by atoms with Gasteiger partial charge in [0.05, 0.1) is 23.7 Å². The maximum Gasteiger partial charge on any atom is 0.337 e. The first-order valence-electron chi connectivity index (χ1n) is 9.43. The van der Waals surface area contributed by atoms with E-state index in [0.717, 1.165) is 36.1 Å². The van der Waals surface area contributed by atoms with Crippen LogP contribution in [0.25, 0.3) is 27.8 Å². The molecule has 0 fully saturated rings. The van der Waals surface area contributed by atoms with Crippen LogP contribution in [0.4, 0.5) is 0 Å². The average Bonchev–Trinajstić information content (AvgIpc) is 3.20. The molecule has 0 aliphatic rings. The van der Waals surface area contributed by atoms with Crippen LogP contribution in [-0.2, 0) is 11.3 Å². The van der Waals surface area contributed by atoms with E-state index in [1.807, 2.05) is 24.3 Å². The van der Waals surface area contributed by atoms with Gasteiger partial charge in [-0.05, 0) is 43.2 Å². The fraction of sp³-hybridized carbons (Fsp3) is 0.261. The molecule has 0 bridgehead atoms. The number of methoxy groups -OCH3 is 1. The molecule has 0 amide bonds. The van der Waals surface area contributed by atoms with Gasteiger partial charge >= 0.3 is 5.97 Å². The van der Waals surface area contributed by atoms with Crippen molar-refractivity contribution in [3.05, 3.63) is 65.9 Å². The third-order valence-electron chi connectivity index (χ3n) is 5.25. The fourth-order valence-corrected chi connectivity index (χ4v) is 3.85. The van der Waals surface area contributed by atoms with Crippen LogP contribution in [0.15, 0.2) is 54.6 Å². The second-order valence-corrected chi connectivity index (χ2v) is 6.90. The van der Waals surface area contributed by atoms with Crippen molar-refractivity contribution >= 4 is 22.6 Å². The predicted molar refractivity (Wildman–Crippen MR) is 109 cm³/mol. The number of benzene rings is 2. The average molecular weight is 360 g/mol. The molecule has 2 aromatic heterocycles. The smallest absolute Gasteiger partial charge is 0.337 e. The van der Waals surface area contributed by atoms with Crippen molar-refractivity contribution in [1.82, 2.24) is 8.97 Å². The van der Waals surface area contributed by atoms with Crippen LogP contribution in [-0.4, -0.2) is 22.0 Å². The number of hydrogen-bond donors (Lipinski definition) is 0. The summed E-state index contributed by atoms with van der Waals surface area (Å²) in [4.78, 5) is 12.0. The van der Waals surface area contributed by atoms with Gasteiger partial charge in [-0.2, -0.15) is 0 Å². The van der Waals surface area contributed by atoms with Crippen molar-refractivity contribution in [2.75, 3.05) is 7.11 Å². The van der Waals surface area contributed by atoms with E-state index in [1.165, 1.54) is 23.9 Å². The zero-order valence-corrected chi connectivity index (χ0v) is 16.0. The predicted octanol–water partition coefficient (Wildman–Crippen LogP) is 5.46. The molecule has 27 heavy (non-hydrogen) atoms. The van der Waals surface area contributed by atoms with Crippen LogP contribution in [0, 0.1) is 6.92 Å². The normalized spacial score (nSPS) is 11.4. The standard InChI is InChI=1S/C23H24N2O2/c1-4-5-13-24-20-12-11-18(23(26)27-3)14-21(20)25-16(2)19(15-22(24)25)17-9-7-6-8-10-17/h6-12,14-15H,4-5,13H2,1-3H3. The molecule has 0 atom stereocenters. The van der Waals surface area contributed by atoms with E-state index in [0.29, 0.717) is 5.56 Å². The lowest BCUT2D eigenvalue weighted by atomic mass is 10.1. The lowest BCUT2D eigenvalue weighted by Crippen LogP contribution is -2.01. The van der Waals surface area contributed by atoms with Gasteiger partial charge in [0, 0.05) is 17.8 Å². The van der Waals surface area contributed by atoms with Crippen LogP contribution in [0.3, 0.4) is 0 Å². The number of hydrogen-bond acceptors (Lipinski definition) is 2. The number of esters is 1. The van der Waals surface area contributed by atoms with Crippen molar-refractivity contribution < 1.29 is 9.53 Å². The summed E-state index contributed by atoms with van der Waals surface area (Å²) in [5, 5.41) is 0. The van der Waals surface area contributed by atoms with Gasteiger partial charge in [0.2, 0.25) is 0 Å². The summed E-state index contributed by atoms with van der Waals surface area (Å²) in [7, 11) is 1.42. The summed E-state index contributed by atoms with van der Waals surface area (Å²) in [6.45, 7) is 5.31. The molecule has 4 aromatic rings. The number of fused-ring (bicyclic) bond motifs is 3. The molecule has 0 aliphatic heterocycles. The number of nitrogens with zero attached hydrogens (tertiary/aromatic N) is 2. The van der Waals surface area contributed by atoms with Gasteiger partial charge in [-0.1, -0.05) is 43.7 Å². The van der Waals surface area contributed by atoms with Crippen LogP contribution < -0.4 is 0 Å². The highest BCUT2D eigenvalue weighted by molar-refractivity contribution is 5.95. The Morgan fingerprint density at radius 3 is 2.52 bits per heavy atom. The highest BCUT2D eigenvalue weighted by Crippen LogP contribution is 2.33. The first kappa shape index (κ1) is 17.4. The van der Waals surface area contributed by atoms with Crippen molar-refractivity contribution in [3.63, 3.8) is 0 Å². The van der Waals surface area contributed by atoms with Gasteiger partial charge in [-0.25, -0.2) is 4.79 Å². The lowest BCUT2D eigenvalue weighted by Gasteiger charge is -2.06. The Hall–Kier alpha value is -3.01. The summed E-state index contributed by atoms with van der Waals surface area (Å²) in [6, 6.07) is 18.5. The Labute approximate surface area is 159 Å². The number of aryl methyl sites for hydroxylation is 2. The molecule has 0 saturated carbocycles. The van der Waals surface area contributed by atoms with E-state index in [4.69, 9.17) is 4.74 Å². The van der Waals surface area contributed by atoms with Crippen molar-refractivity contribution in [2.24, 2.45) is 0 Å². The quantitative estimate of drug-likeness (QED) is 0.443. The summed E-state index contributed by atoms with van der Waals surface area (Å²) in [5.41, 5.74) is 7.54. The van der Waals surface area contributed by atoms with Gasteiger partial charge in [-0.15, -0.1) is 0 Å². The van der Waals surface area contributed by atoms with Crippen LogP contribution in [0.2, 0.25) is 0 Å². The highest BCUT2D eigenvalue weighted by Gasteiger charge is 2.18. The zero-order valence-electron chi connectivity index (χ0n) is 16.0. The van der Waals surface area contributed by atoms with Gasteiger partial charge in [-0.3, -0.25) is 4.40 Å². The fourth-order valence-electron chi connectivity index (χ4n) is 3.85. The number of carbonyl (C=O) groups excluding carboxylic acids is 1. The largest absolute Gasteiger partial charge is 0.465 e. The van der Waals surface area contributed by atoms with Crippen LogP contribution >= 0.6 is 0 Å². The highest BCUT2D eigenvalue weighted by atomic mass is 16.5. The number of unbranched alkanes of at least 4 members (excludes halogenated alkanes) is 1. The maximum absolute atomic E-state index is 12.0. The topological polar surface area (TPSA) is 35.6 Å². The molecule has 0 aliphatic carbocycles. The van der Waals surface area contributed by atoms with E-state index in [9.17, 15) is 4.79 Å². The molecule has 0 saturated heterocycles. The molecule has 4 rings (SSSR count). The summed E-state index contributed by atoms with van der Waals surface area (Å²) >= 11 is 0. The first-order chi connectivity index (χ1) is 13.2. The molecular formula is C23H24N2O2. The Morgan fingerprint density at radius 2 is 1.81 bits per heavy atom. The molecular weight excluding hydrogens is 336 g/mol. The summed E-state index contributed by atoms with van der Waals surface area (Å²) in [5.74, 6) is -0.306. The number of rotatable bonds is 5. The molecule has 4 nitrogen and oxygen atoms in total. The van der Waals surface area contributed by atoms with Gasteiger partial charge in [0.25, 0.3) is 0 Å². The number of imidazole rings is 1. The van der Waals surface area contributed by atoms with Crippen LogP contribution in [0.1, 0.15) is 35.8 Å². The van der Waals surface area contributed by atoms with Gasteiger partial charge in [0.1, 0.15) is 5.65 Å². The zero-order chi connectivity index (χ0) is 19.0. The monoisotopic (exact) mass is 360 g/mol. The third-order valence-corrected chi connectivity index (χ3v) is 5.25. The molecule has 0 unspecified atom stereocenters. The minimum Gasteiger partial charge on any atom is -0.465 e. The third kappa shape index (κ3) is 2.81. The van der Waals surface area contributed by atoms with Crippen molar-refractivity contribution in [1.29, 1.82) is 0 Å². The first-order valence-corrected chi connectivity index (χ1v) is 9.43. The molecule has 0 spiro atoms. The molecule has 0 N–H and O–H groups in total. The van der Waals surface area contributed by atoms with E-state index >= 15 is 0 Å². The van der Waals surface area contributed by atoms with Crippen LogP contribution in [0.5, 0.6) is 0 Å². The van der Waals surface area contributed by atoms with Crippen molar-refractivity contribution in [2.45, 2.75) is 33.2 Å². The molecule has 4 heteroatoms. The summed E-state index contributed by atoms with van der Waals surface area (Å²) in [6.07, 6.45) is 2.25. The summed E-state index contributed by atoms with van der Waals surface area (Å²) < 4.78 is 9.54. The second kappa shape index (κ2) is 6.95. The Kier molecular flexibility index (Phi) is 4.48. The molecule has 2 heterocycles. The number of carbonyl (C=O) groups is 1. The van der Waals surface area contributed by atoms with E-state index in [1.54, 1.807) is 0 Å². The Bertz CT molecular complexity index is 1120. The van der Waals surface area contributed by atoms with E-state index in [2.05, 4.69) is 53.1 Å². The van der Waals surface area contributed by atoms with E-state index < -0.39 is 0 Å². The molecule has 0 radical (unpaired) electrons. The van der Waals surface area contributed by atoms with Gasteiger partial charge in [0.15, 0.2) is 0 Å². The number of ether oxygens (including phenoxy) is 1. The Morgan fingerprint density at radius 1 is 1.04 bits per heavy atom. The minimum absolute atomic E-state index is 0.306. The Balaban J connectivity index is 2.02. The maximum atomic E-state index is 12.0. The number of aromatic nitrogens is 2. The molecule has 2 aromatic carbocycles. The molecule has 138 valence electrons. The second-order valence-electron chi connectivity index (χ2n) is 6.90. The minimum atomic E-state index is -0.306. The van der Waals surface area contributed by atoms with Crippen molar-refractivity contribution in [3.8, 4) is 11.1 Å². The SMILES string of the molecule is CCCCn1c2ccc(C(=O)OC)cc2n2c(C)c(-c3ccccc3)cc12. The van der Waals surface area contributed by atoms with E-state index in [-0.39, 0.29) is 5.97 Å².